The number of hydrogen-bond acceptors (Lipinski definition) is 4. The average Bonchev–Trinajstić information content (AvgIpc) is 2.77. The van der Waals surface area contributed by atoms with Gasteiger partial charge in [0.15, 0.2) is 0 Å². The molecule has 0 aliphatic carbocycles. The molecule has 1 N–H and O–H groups in total. The minimum atomic E-state index is 0.420. The lowest BCUT2D eigenvalue weighted by Gasteiger charge is -2.16. The second kappa shape index (κ2) is 9.07. The van der Waals surface area contributed by atoms with Crippen molar-refractivity contribution in [2.75, 3.05) is 34.0 Å². The molecule has 1 rings (SSSR count). The highest BCUT2D eigenvalue weighted by molar-refractivity contribution is 5.10. The lowest BCUT2D eigenvalue weighted by atomic mass is 10.1. The fourth-order valence-corrected chi connectivity index (χ4v) is 2.11. The van der Waals surface area contributed by atoms with Crippen molar-refractivity contribution >= 4 is 0 Å². The van der Waals surface area contributed by atoms with E-state index in [-0.39, 0.29) is 0 Å². The Bertz CT molecular complexity index is 352. The Balaban J connectivity index is 2.38. The van der Waals surface area contributed by atoms with E-state index in [0.717, 1.165) is 31.7 Å². The molecule has 0 spiro atoms. The Morgan fingerprint density at radius 2 is 2.16 bits per heavy atom. The first-order valence-corrected chi connectivity index (χ1v) is 6.98. The van der Waals surface area contributed by atoms with Crippen molar-refractivity contribution in [3.63, 3.8) is 0 Å². The van der Waals surface area contributed by atoms with Crippen molar-refractivity contribution in [2.45, 2.75) is 39.3 Å². The summed E-state index contributed by atoms with van der Waals surface area (Å²) in [6.07, 6.45) is 1.98. The summed E-state index contributed by atoms with van der Waals surface area (Å²) < 4.78 is 12.5. The quantitative estimate of drug-likeness (QED) is 0.652. The van der Waals surface area contributed by atoms with Gasteiger partial charge in [-0.3, -0.25) is 4.68 Å². The minimum absolute atomic E-state index is 0.420. The van der Waals surface area contributed by atoms with E-state index in [2.05, 4.69) is 28.1 Å². The summed E-state index contributed by atoms with van der Waals surface area (Å²) in [6, 6.07) is 2.59. The number of aromatic nitrogens is 2. The molecule has 0 amide bonds. The van der Waals surface area contributed by atoms with E-state index in [4.69, 9.17) is 9.47 Å². The number of aryl methyl sites for hydroxylation is 2. The molecule has 0 fully saturated rings. The minimum Gasteiger partial charge on any atom is -0.382 e. The molecule has 5 heteroatoms. The summed E-state index contributed by atoms with van der Waals surface area (Å²) >= 11 is 0. The smallest absolute Gasteiger partial charge is 0.0700 e. The van der Waals surface area contributed by atoms with Crippen LogP contribution in [-0.2, 0) is 22.4 Å². The summed E-state index contributed by atoms with van der Waals surface area (Å²) in [4.78, 5) is 0. The summed E-state index contributed by atoms with van der Waals surface area (Å²) in [7, 11) is 3.69. The molecular weight excluding hydrogens is 242 g/mol. The van der Waals surface area contributed by atoms with Gasteiger partial charge in [0, 0.05) is 38.4 Å². The fourth-order valence-electron chi connectivity index (χ4n) is 2.11. The Labute approximate surface area is 116 Å². The van der Waals surface area contributed by atoms with Gasteiger partial charge in [-0.05, 0) is 33.4 Å². The van der Waals surface area contributed by atoms with E-state index in [1.165, 1.54) is 5.69 Å². The predicted molar refractivity (Wildman–Crippen MR) is 76.5 cm³/mol. The molecule has 0 aliphatic rings. The summed E-state index contributed by atoms with van der Waals surface area (Å²) in [5.41, 5.74) is 2.37. The molecule has 0 radical (unpaired) electrons. The van der Waals surface area contributed by atoms with E-state index >= 15 is 0 Å². The number of hydrogen-bond donors (Lipinski definition) is 1. The van der Waals surface area contributed by atoms with Gasteiger partial charge in [0.05, 0.1) is 18.9 Å². The molecule has 1 atom stereocenters. The number of nitrogens with one attached hydrogen (secondary N) is 1. The summed E-state index contributed by atoms with van der Waals surface area (Å²) in [6.45, 7) is 7.17. The van der Waals surface area contributed by atoms with Crippen LogP contribution in [0.15, 0.2) is 6.07 Å². The van der Waals surface area contributed by atoms with Crippen molar-refractivity contribution in [1.82, 2.24) is 15.1 Å². The van der Waals surface area contributed by atoms with Gasteiger partial charge in [-0.15, -0.1) is 0 Å². The van der Waals surface area contributed by atoms with Gasteiger partial charge in [-0.25, -0.2) is 0 Å². The number of ether oxygens (including phenoxy) is 2. The molecule has 1 aromatic rings. The summed E-state index contributed by atoms with van der Waals surface area (Å²) in [5.74, 6) is 0. The first-order valence-electron chi connectivity index (χ1n) is 6.98. The van der Waals surface area contributed by atoms with Gasteiger partial charge in [0.25, 0.3) is 0 Å². The number of methoxy groups -OCH3 is 1. The molecule has 5 nitrogen and oxygen atoms in total. The van der Waals surface area contributed by atoms with Crippen LogP contribution in [0.25, 0.3) is 0 Å². The van der Waals surface area contributed by atoms with Crippen molar-refractivity contribution < 1.29 is 9.47 Å². The molecule has 0 aliphatic heterocycles. The van der Waals surface area contributed by atoms with E-state index in [1.54, 1.807) is 7.11 Å². The standard InChI is InChI=1S/C14H27N3O2/c1-5-17-14(10-12(2)16-17)11-13(15-3)6-7-19-9-8-18-4/h10,13,15H,5-9,11H2,1-4H3. The molecule has 110 valence electrons. The summed E-state index contributed by atoms with van der Waals surface area (Å²) in [5, 5.41) is 7.83. The van der Waals surface area contributed by atoms with Crippen LogP contribution in [-0.4, -0.2) is 49.8 Å². The predicted octanol–water partition coefficient (Wildman–Crippen LogP) is 1.40. The van der Waals surface area contributed by atoms with Gasteiger partial charge in [-0.2, -0.15) is 5.10 Å². The largest absolute Gasteiger partial charge is 0.382 e. The van der Waals surface area contributed by atoms with E-state index in [0.29, 0.717) is 19.3 Å². The maximum absolute atomic E-state index is 5.52. The highest BCUT2D eigenvalue weighted by Crippen LogP contribution is 2.09. The third-order valence-electron chi connectivity index (χ3n) is 3.19. The van der Waals surface area contributed by atoms with Crippen LogP contribution in [0.1, 0.15) is 24.7 Å². The van der Waals surface area contributed by atoms with Crippen LogP contribution < -0.4 is 5.32 Å². The highest BCUT2D eigenvalue weighted by Gasteiger charge is 2.11. The Kier molecular flexibility index (Phi) is 7.70. The maximum Gasteiger partial charge on any atom is 0.0700 e. The van der Waals surface area contributed by atoms with Gasteiger partial charge in [-0.1, -0.05) is 0 Å². The van der Waals surface area contributed by atoms with Crippen molar-refractivity contribution in [1.29, 1.82) is 0 Å². The molecule has 0 saturated carbocycles. The van der Waals surface area contributed by atoms with Crippen LogP contribution in [0.2, 0.25) is 0 Å². The van der Waals surface area contributed by atoms with Gasteiger partial charge in [0.1, 0.15) is 0 Å². The van der Waals surface area contributed by atoms with E-state index in [1.807, 2.05) is 14.0 Å². The topological polar surface area (TPSA) is 48.3 Å². The zero-order valence-electron chi connectivity index (χ0n) is 12.6. The molecule has 1 unspecified atom stereocenters. The number of nitrogens with zero attached hydrogens (tertiary/aromatic N) is 2. The fraction of sp³-hybridized carbons (Fsp3) is 0.786. The van der Waals surface area contributed by atoms with Crippen molar-refractivity contribution in [3.05, 3.63) is 17.5 Å². The van der Waals surface area contributed by atoms with E-state index < -0.39 is 0 Å². The maximum atomic E-state index is 5.52. The molecule has 0 aromatic carbocycles. The Hall–Kier alpha value is -0.910. The number of rotatable bonds is 10. The molecule has 19 heavy (non-hydrogen) atoms. The van der Waals surface area contributed by atoms with Crippen molar-refractivity contribution in [2.24, 2.45) is 0 Å². The zero-order valence-corrected chi connectivity index (χ0v) is 12.6. The monoisotopic (exact) mass is 269 g/mol. The molecule has 1 heterocycles. The molecule has 0 saturated heterocycles. The van der Waals surface area contributed by atoms with Crippen molar-refractivity contribution in [3.8, 4) is 0 Å². The molecular formula is C14H27N3O2. The number of likely N-dealkylation sites (N-methyl/N-ethyl adjacent to an activating group) is 1. The normalized spacial score (nSPS) is 12.8. The van der Waals surface area contributed by atoms with Gasteiger partial charge < -0.3 is 14.8 Å². The Morgan fingerprint density at radius 3 is 2.79 bits per heavy atom. The van der Waals surface area contributed by atoms with Crippen LogP contribution >= 0.6 is 0 Å². The lowest BCUT2D eigenvalue weighted by molar-refractivity contribution is 0.0660. The second-order valence-corrected chi connectivity index (χ2v) is 4.68. The first kappa shape index (κ1) is 16.1. The van der Waals surface area contributed by atoms with Crippen LogP contribution in [0.5, 0.6) is 0 Å². The second-order valence-electron chi connectivity index (χ2n) is 4.68. The van der Waals surface area contributed by atoms with Gasteiger partial charge in [0.2, 0.25) is 0 Å². The highest BCUT2D eigenvalue weighted by atomic mass is 16.5. The third kappa shape index (κ3) is 5.72. The lowest BCUT2D eigenvalue weighted by Crippen LogP contribution is -2.30. The van der Waals surface area contributed by atoms with Crippen LogP contribution in [0, 0.1) is 6.92 Å². The third-order valence-corrected chi connectivity index (χ3v) is 3.19. The Morgan fingerprint density at radius 1 is 1.37 bits per heavy atom. The average molecular weight is 269 g/mol. The van der Waals surface area contributed by atoms with Crippen LogP contribution in [0.3, 0.4) is 0 Å². The molecule has 1 aromatic heterocycles. The van der Waals surface area contributed by atoms with Gasteiger partial charge >= 0.3 is 0 Å². The van der Waals surface area contributed by atoms with Crippen LogP contribution in [0.4, 0.5) is 0 Å². The zero-order chi connectivity index (χ0) is 14.1. The first-order chi connectivity index (χ1) is 9.21. The SMILES string of the molecule is CCn1nc(C)cc1CC(CCOCCOC)NC. The van der Waals surface area contributed by atoms with E-state index in [9.17, 15) is 0 Å². The molecule has 0 bridgehead atoms.